The molecule has 1 aliphatic heterocycles. The highest BCUT2D eigenvalue weighted by Crippen LogP contribution is 2.46. The van der Waals surface area contributed by atoms with Crippen molar-refractivity contribution in [3.8, 4) is 34.3 Å². The smallest absolute Gasteiger partial charge is 0.312 e. The summed E-state index contributed by atoms with van der Waals surface area (Å²) < 4.78 is 16.5. The van der Waals surface area contributed by atoms with Gasteiger partial charge >= 0.3 is 5.97 Å². The van der Waals surface area contributed by atoms with Crippen LogP contribution >= 0.6 is 0 Å². The molecule has 2 aromatic heterocycles. The number of phenols is 2. The number of hydrogen-bond acceptors (Lipinski definition) is 8. The summed E-state index contributed by atoms with van der Waals surface area (Å²) in [6, 6.07) is 10.7. The Hall–Kier alpha value is -4.33. The molecule has 0 amide bonds. The van der Waals surface area contributed by atoms with Gasteiger partial charge in [-0.15, -0.1) is 0 Å². The molecule has 0 aliphatic carbocycles. The van der Waals surface area contributed by atoms with E-state index in [0.29, 0.717) is 11.1 Å². The first-order valence-corrected chi connectivity index (χ1v) is 9.78. The molecular formula is C24H17NO7. The van der Waals surface area contributed by atoms with Crippen LogP contribution in [0.2, 0.25) is 0 Å². The topological polar surface area (TPSA) is 119 Å². The molecule has 0 radical (unpaired) electrons. The normalized spacial score (nSPS) is 15.3. The number of aromatic nitrogens is 1. The van der Waals surface area contributed by atoms with E-state index >= 15 is 0 Å². The minimum absolute atomic E-state index is 0.0166. The van der Waals surface area contributed by atoms with Crippen LogP contribution in [0.1, 0.15) is 23.5 Å². The second-order valence-corrected chi connectivity index (χ2v) is 7.39. The van der Waals surface area contributed by atoms with E-state index in [0.717, 1.165) is 5.56 Å². The number of esters is 1. The lowest BCUT2D eigenvalue weighted by molar-refractivity contribution is -0.135. The first-order valence-electron chi connectivity index (χ1n) is 9.78. The summed E-state index contributed by atoms with van der Waals surface area (Å²) >= 11 is 0. The van der Waals surface area contributed by atoms with Gasteiger partial charge in [-0.1, -0.05) is 6.07 Å². The molecule has 0 saturated carbocycles. The lowest BCUT2D eigenvalue weighted by Gasteiger charge is -2.25. The minimum atomic E-state index is -0.481. The van der Waals surface area contributed by atoms with Crippen LogP contribution in [-0.2, 0) is 4.79 Å². The molecule has 4 aromatic rings. The third kappa shape index (κ3) is 3.13. The average Bonchev–Trinajstić information content (AvgIpc) is 2.78. The van der Waals surface area contributed by atoms with E-state index in [-0.39, 0.29) is 46.1 Å². The predicted octanol–water partition coefficient (Wildman–Crippen LogP) is 3.72. The monoisotopic (exact) mass is 431 g/mol. The fraction of sp³-hybridized carbons (Fsp3) is 0.125. The highest BCUT2D eigenvalue weighted by atomic mass is 16.5. The van der Waals surface area contributed by atoms with Gasteiger partial charge in [-0.2, -0.15) is 0 Å². The molecule has 0 unspecified atom stereocenters. The van der Waals surface area contributed by atoms with E-state index < -0.39 is 17.3 Å². The Morgan fingerprint density at radius 1 is 1.09 bits per heavy atom. The number of aromatic hydroxyl groups is 2. The molecule has 8 heteroatoms. The molecule has 0 bridgehead atoms. The highest BCUT2D eigenvalue weighted by molar-refractivity contribution is 5.93. The fourth-order valence-electron chi connectivity index (χ4n) is 4.01. The molecule has 160 valence electrons. The van der Waals surface area contributed by atoms with Gasteiger partial charge in [0.05, 0.1) is 13.5 Å². The maximum Gasteiger partial charge on any atom is 0.312 e. The van der Waals surface area contributed by atoms with Crippen LogP contribution in [0.4, 0.5) is 0 Å². The van der Waals surface area contributed by atoms with E-state index in [1.807, 2.05) is 6.07 Å². The van der Waals surface area contributed by atoms with Gasteiger partial charge in [0.1, 0.15) is 28.2 Å². The van der Waals surface area contributed by atoms with Gasteiger partial charge < -0.3 is 24.1 Å². The Labute approximate surface area is 181 Å². The number of phenolic OH excluding ortho intramolecular Hbond substituents is 2. The molecule has 8 nitrogen and oxygen atoms in total. The lowest BCUT2D eigenvalue weighted by Crippen LogP contribution is -2.22. The molecule has 5 rings (SSSR count). The SMILES string of the molecule is COc1ccc(-c2cc(=O)c3c(O)cc4c(c3o2)[C@H](c2cccnc2)CC(=O)O4)cc1O. The van der Waals surface area contributed by atoms with Crippen molar-refractivity contribution in [3.05, 3.63) is 76.2 Å². The fourth-order valence-corrected chi connectivity index (χ4v) is 4.01. The van der Waals surface area contributed by atoms with Crippen molar-refractivity contribution in [2.45, 2.75) is 12.3 Å². The van der Waals surface area contributed by atoms with Gasteiger partial charge in [0.25, 0.3) is 0 Å². The Bertz CT molecular complexity index is 1430. The summed E-state index contributed by atoms with van der Waals surface area (Å²) in [4.78, 5) is 29.4. The van der Waals surface area contributed by atoms with Gasteiger partial charge in [0.15, 0.2) is 16.9 Å². The second-order valence-electron chi connectivity index (χ2n) is 7.39. The zero-order valence-electron chi connectivity index (χ0n) is 16.9. The summed E-state index contributed by atoms with van der Waals surface area (Å²) in [6.45, 7) is 0. The van der Waals surface area contributed by atoms with Crippen LogP contribution in [0.25, 0.3) is 22.3 Å². The number of ether oxygens (including phenoxy) is 2. The van der Waals surface area contributed by atoms with E-state index in [4.69, 9.17) is 13.9 Å². The van der Waals surface area contributed by atoms with Crippen molar-refractivity contribution in [2.24, 2.45) is 0 Å². The van der Waals surface area contributed by atoms with Crippen LogP contribution in [0.5, 0.6) is 23.0 Å². The Morgan fingerprint density at radius 2 is 1.94 bits per heavy atom. The largest absolute Gasteiger partial charge is 0.507 e. The number of pyridine rings is 1. The molecule has 0 saturated heterocycles. The molecule has 0 spiro atoms. The van der Waals surface area contributed by atoms with E-state index in [1.165, 1.54) is 25.3 Å². The number of rotatable bonds is 3. The maximum atomic E-state index is 13.0. The number of benzene rings is 2. The van der Waals surface area contributed by atoms with Gasteiger partial charge in [0.2, 0.25) is 0 Å². The van der Waals surface area contributed by atoms with Crippen molar-refractivity contribution >= 4 is 16.9 Å². The zero-order valence-corrected chi connectivity index (χ0v) is 16.9. The summed E-state index contributed by atoms with van der Waals surface area (Å²) in [5.41, 5.74) is 1.29. The van der Waals surface area contributed by atoms with Crippen LogP contribution < -0.4 is 14.9 Å². The van der Waals surface area contributed by atoms with E-state index in [1.54, 1.807) is 30.6 Å². The molecule has 3 heterocycles. The van der Waals surface area contributed by atoms with Crippen LogP contribution in [0.3, 0.4) is 0 Å². The van der Waals surface area contributed by atoms with Gasteiger partial charge in [-0.25, -0.2) is 0 Å². The molecule has 32 heavy (non-hydrogen) atoms. The van der Waals surface area contributed by atoms with Crippen molar-refractivity contribution < 1.29 is 28.9 Å². The lowest BCUT2D eigenvalue weighted by atomic mass is 9.86. The number of hydrogen-bond donors (Lipinski definition) is 2. The second kappa shape index (κ2) is 7.42. The number of fused-ring (bicyclic) bond motifs is 3. The van der Waals surface area contributed by atoms with Crippen molar-refractivity contribution in [2.75, 3.05) is 7.11 Å². The number of carbonyl (C=O) groups excluding carboxylic acids is 1. The first-order chi connectivity index (χ1) is 15.5. The average molecular weight is 431 g/mol. The summed E-state index contributed by atoms with van der Waals surface area (Å²) in [7, 11) is 1.43. The van der Waals surface area contributed by atoms with E-state index in [9.17, 15) is 19.8 Å². The first kappa shape index (κ1) is 19.6. The summed E-state index contributed by atoms with van der Waals surface area (Å²) in [5, 5.41) is 20.6. The molecule has 1 aliphatic rings. The predicted molar refractivity (Wildman–Crippen MR) is 114 cm³/mol. The quantitative estimate of drug-likeness (QED) is 0.372. The number of methoxy groups -OCH3 is 1. The third-order valence-corrected chi connectivity index (χ3v) is 5.47. The third-order valence-electron chi connectivity index (χ3n) is 5.47. The van der Waals surface area contributed by atoms with E-state index in [2.05, 4.69) is 4.98 Å². The van der Waals surface area contributed by atoms with Crippen LogP contribution in [0, 0.1) is 0 Å². The summed E-state index contributed by atoms with van der Waals surface area (Å²) in [6.07, 6.45) is 3.28. The Kier molecular flexibility index (Phi) is 4.55. The van der Waals surface area contributed by atoms with Crippen LogP contribution in [0.15, 0.2) is 64.1 Å². The van der Waals surface area contributed by atoms with Crippen molar-refractivity contribution in [3.63, 3.8) is 0 Å². The number of nitrogens with zero attached hydrogens (tertiary/aromatic N) is 1. The Morgan fingerprint density at radius 3 is 2.66 bits per heavy atom. The standard InChI is InChI=1S/C24H17NO7/c1-30-18-5-4-12(7-15(18)26)19-9-16(27)23-17(28)10-20-22(24(23)32-19)14(8-21(29)31-20)13-3-2-6-25-11-13/h2-7,9-11,14,26,28H,8H2,1H3/t14-/m0/s1. The van der Waals surface area contributed by atoms with Gasteiger partial charge in [-0.05, 0) is 29.8 Å². The van der Waals surface area contributed by atoms with Crippen molar-refractivity contribution in [1.82, 2.24) is 4.98 Å². The molecule has 0 fully saturated rings. The van der Waals surface area contributed by atoms with Crippen LogP contribution in [-0.4, -0.2) is 28.3 Å². The Balaban J connectivity index is 1.80. The number of carbonyl (C=O) groups is 1. The van der Waals surface area contributed by atoms with Gasteiger partial charge in [-0.3, -0.25) is 14.6 Å². The zero-order chi connectivity index (χ0) is 22.4. The molecular weight excluding hydrogens is 414 g/mol. The minimum Gasteiger partial charge on any atom is -0.507 e. The molecule has 1 atom stereocenters. The molecule has 2 N–H and O–H groups in total. The highest BCUT2D eigenvalue weighted by Gasteiger charge is 2.33. The van der Waals surface area contributed by atoms with Crippen molar-refractivity contribution in [1.29, 1.82) is 0 Å². The maximum absolute atomic E-state index is 13.0. The van der Waals surface area contributed by atoms with Gasteiger partial charge in [0, 0.05) is 41.6 Å². The summed E-state index contributed by atoms with van der Waals surface area (Å²) in [5.74, 6) is -0.845. The molecule has 2 aromatic carbocycles.